The Morgan fingerprint density at radius 2 is 2.22 bits per heavy atom. The normalized spacial score (nSPS) is 18.7. The van der Waals surface area contributed by atoms with E-state index in [9.17, 15) is 9.59 Å². The zero-order valence-electron chi connectivity index (χ0n) is 12.4. The highest BCUT2D eigenvalue weighted by molar-refractivity contribution is 6.30. The molecule has 2 heterocycles. The molecule has 1 atom stereocenters. The van der Waals surface area contributed by atoms with Gasteiger partial charge in [0.2, 0.25) is 11.8 Å². The molecule has 7 nitrogen and oxygen atoms in total. The number of hydrogen-bond acceptors (Lipinski definition) is 5. The summed E-state index contributed by atoms with van der Waals surface area (Å²) in [6.07, 6.45) is 1.82. The SMILES string of the molecule is O=C(CN1CCCC(c2n[nH]c(=O)o2)C1)Nc1ccc(Cl)cc1. The van der Waals surface area contributed by atoms with Gasteiger partial charge in [0, 0.05) is 17.3 Å². The number of amides is 1. The molecule has 1 aromatic carbocycles. The van der Waals surface area contributed by atoms with Gasteiger partial charge >= 0.3 is 5.76 Å². The van der Waals surface area contributed by atoms with Crippen molar-refractivity contribution in [2.45, 2.75) is 18.8 Å². The monoisotopic (exact) mass is 336 g/mol. The summed E-state index contributed by atoms with van der Waals surface area (Å²) < 4.78 is 5.02. The second-order valence-electron chi connectivity index (χ2n) is 5.58. The molecule has 1 fully saturated rings. The molecule has 2 N–H and O–H groups in total. The third kappa shape index (κ3) is 4.20. The molecule has 1 unspecified atom stereocenters. The molecule has 1 saturated heterocycles. The number of carbonyl (C=O) groups is 1. The molecule has 8 heteroatoms. The van der Waals surface area contributed by atoms with Crippen LogP contribution in [0.2, 0.25) is 5.02 Å². The predicted molar refractivity (Wildman–Crippen MR) is 85.6 cm³/mol. The van der Waals surface area contributed by atoms with E-state index in [1.165, 1.54) is 0 Å². The lowest BCUT2D eigenvalue weighted by molar-refractivity contribution is -0.117. The first-order valence-corrected chi connectivity index (χ1v) is 7.81. The number of benzene rings is 1. The number of rotatable bonds is 4. The number of anilines is 1. The molecule has 0 spiro atoms. The van der Waals surface area contributed by atoms with Crippen LogP contribution in [-0.4, -0.2) is 40.6 Å². The van der Waals surface area contributed by atoms with Crippen LogP contribution in [0, 0.1) is 0 Å². The first-order valence-electron chi connectivity index (χ1n) is 7.43. The summed E-state index contributed by atoms with van der Waals surface area (Å²) in [5, 5.41) is 9.63. The fourth-order valence-corrected chi connectivity index (χ4v) is 2.88. The van der Waals surface area contributed by atoms with E-state index in [1.807, 2.05) is 4.90 Å². The highest BCUT2D eigenvalue weighted by atomic mass is 35.5. The van der Waals surface area contributed by atoms with Gasteiger partial charge in [-0.05, 0) is 43.7 Å². The Kier molecular flexibility index (Phi) is 4.78. The van der Waals surface area contributed by atoms with Crippen molar-refractivity contribution in [2.75, 3.05) is 25.0 Å². The van der Waals surface area contributed by atoms with Crippen LogP contribution in [0.5, 0.6) is 0 Å². The van der Waals surface area contributed by atoms with E-state index in [-0.39, 0.29) is 18.4 Å². The van der Waals surface area contributed by atoms with Crippen LogP contribution in [0.15, 0.2) is 33.5 Å². The van der Waals surface area contributed by atoms with Crippen LogP contribution in [0.4, 0.5) is 5.69 Å². The van der Waals surface area contributed by atoms with Gasteiger partial charge in [-0.3, -0.25) is 9.69 Å². The van der Waals surface area contributed by atoms with E-state index in [2.05, 4.69) is 15.5 Å². The molecule has 1 amide bonds. The molecule has 0 radical (unpaired) electrons. The minimum absolute atomic E-state index is 0.0334. The molecular formula is C15H17ClN4O3. The van der Waals surface area contributed by atoms with Crippen molar-refractivity contribution in [3.63, 3.8) is 0 Å². The number of piperidine rings is 1. The quantitative estimate of drug-likeness (QED) is 0.888. The van der Waals surface area contributed by atoms with Crippen molar-refractivity contribution in [2.24, 2.45) is 0 Å². The lowest BCUT2D eigenvalue weighted by Gasteiger charge is -2.30. The van der Waals surface area contributed by atoms with E-state index in [0.29, 0.717) is 23.1 Å². The molecule has 1 aromatic heterocycles. The number of nitrogens with one attached hydrogen (secondary N) is 2. The van der Waals surface area contributed by atoms with Gasteiger partial charge in [0.25, 0.3) is 0 Å². The highest BCUT2D eigenvalue weighted by Crippen LogP contribution is 2.24. The summed E-state index contributed by atoms with van der Waals surface area (Å²) in [6, 6.07) is 6.98. The molecule has 2 aromatic rings. The number of hydrogen-bond donors (Lipinski definition) is 2. The van der Waals surface area contributed by atoms with Crippen LogP contribution in [0.3, 0.4) is 0 Å². The van der Waals surface area contributed by atoms with Crippen LogP contribution < -0.4 is 11.1 Å². The Bertz CT molecular complexity index is 725. The maximum absolute atomic E-state index is 12.1. The summed E-state index contributed by atoms with van der Waals surface area (Å²) in [5.74, 6) is -0.183. The fraction of sp³-hybridized carbons (Fsp3) is 0.400. The number of aromatic amines is 1. The standard InChI is InChI=1S/C15H17ClN4O3/c16-11-3-5-12(6-4-11)17-13(21)9-20-7-1-2-10(8-20)14-18-19-15(22)23-14/h3-6,10H,1-2,7-9H2,(H,17,21)(H,19,22). The van der Waals surface area contributed by atoms with Crippen molar-refractivity contribution < 1.29 is 9.21 Å². The van der Waals surface area contributed by atoms with Gasteiger partial charge in [0.1, 0.15) is 0 Å². The zero-order chi connectivity index (χ0) is 16.2. The van der Waals surface area contributed by atoms with Gasteiger partial charge in [0.15, 0.2) is 0 Å². The third-order valence-corrected chi connectivity index (χ3v) is 4.06. The Hall–Kier alpha value is -2.12. The van der Waals surface area contributed by atoms with E-state index < -0.39 is 5.76 Å². The van der Waals surface area contributed by atoms with Gasteiger partial charge in [-0.1, -0.05) is 11.6 Å². The molecule has 0 aliphatic carbocycles. The van der Waals surface area contributed by atoms with Crippen molar-refractivity contribution in [1.29, 1.82) is 0 Å². The molecule has 122 valence electrons. The van der Waals surface area contributed by atoms with Gasteiger partial charge in [0.05, 0.1) is 12.5 Å². The van der Waals surface area contributed by atoms with Crippen molar-refractivity contribution in [1.82, 2.24) is 15.1 Å². The summed E-state index contributed by atoms with van der Waals surface area (Å²) in [7, 11) is 0. The summed E-state index contributed by atoms with van der Waals surface area (Å²) in [4.78, 5) is 25.2. The van der Waals surface area contributed by atoms with E-state index >= 15 is 0 Å². The minimum atomic E-state index is -0.544. The Balaban J connectivity index is 1.55. The number of H-pyrrole nitrogens is 1. The topological polar surface area (TPSA) is 91.2 Å². The molecule has 0 bridgehead atoms. The van der Waals surface area contributed by atoms with Crippen LogP contribution in [-0.2, 0) is 4.79 Å². The lowest BCUT2D eigenvalue weighted by atomic mass is 9.98. The maximum atomic E-state index is 12.1. The predicted octanol–water partition coefficient (Wildman–Crippen LogP) is 1.83. The molecule has 1 aliphatic rings. The largest absolute Gasteiger partial charge is 0.434 e. The summed E-state index contributed by atoms with van der Waals surface area (Å²) in [5.41, 5.74) is 0.714. The molecule has 3 rings (SSSR count). The number of aromatic nitrogens is 2. The lowest BCUT2D eigenvalue weighted by Crippen LogP contribution is -2.39. The van der Waals surface area contributed by atoms with E-state index in [1.54, 1.807) is 24.3 Å². The Labute approximate surface area is 137 Å². The molecule has 1 aliphatic heterocycles. The average Bonchev–Trinajstić information content (AvgIpc) is 2.96. The number of carbonyl (C=O) groups excluding carboxylic acids is 1. The summed E-state index contributed by atoms with van der Waals surface area (Å²) in [6.45, 7) is 1.76. The van der Waals surface area contributed by atoms with Crippen molar-refractivity contribution >= 4 is 23.2 Å². The average molecular weight is 337 g/mol. The number of nitrogens with zero attached hydrogens (tertiary/aromatic N) is 2. The second-order valence-corrected chi connectivity index (χ2v) is 6.02. The number of likely N-dealkylation sites (tertiary alicyclic amines) is 1. The Morgan fingerprint density at radius 3 is 2.91 bits per heavy atom. The van der Waals surface area contributed by atoms with Gasteiger partial charge in [-0.2, -0.15) is 0 Å². The first-order chi connectivity index (χ1) is 11.1. The fourth-order valence-electron chi connectivity index (χ4n) is 2.75. The smallest absolute Gasteiger partial charge is 0.392 e. The van der Waals surface area contributed by atoms with Crippen LogP contribution in [0.25, 0.3) is 0 Å². The Morgan fingerprint density at radius 1 is 1.43 bits per heavy atom. The van der Waals surface area contributed by atoms with E-state index in [4.69, 9.17) is 16.0 Å². The van der Waals surface area contributed by atoms with E-state index in [0.717, 1.165) is 19.4 Å². The third-order valence-electron chi connectivity index (χ3n) is 3.80. The van der Waals surface area contributed by atoms with Gasteiger partial charge in [-0.15, -0.1) is 5.10 Å². The van der Waals surface area contributed by atoms with Crippen molar-refractivity contribution in [3.05, 3.63) is 45.7 Å². The summed E-state index contributed by atoms with van der Waals surface area (Å²) >= 11 is 5.82. The minimum Gasteiger partial charge on any atom is -0.392 e. The zero-order valence-corrected chi connectivity index (χ0v) is 13.2. The number of halogens is 1. The molecule has 0 saturated carbocycles. The van der Waals surface area contributed by atoms with Crippen molar-refractivity contribution in [3.8, 4) is 0 Å². The second kappa shape index (κ2) is 6.97. The highest BCUT2D eigenvalue weighted by Gasteiger charge is 2.26. The van der Waals surface area contributed by atoms with Crippen LogP contribution >= 0.6 is 11.6 Å². The molecular weight excluding hydrogens is 320 g/mol. The first kappa shape index (κ1) is 15.8. The maximum Gasteiger partial charge on any atom is 0.434 e. The molecule has 23 heavy (non-hydrogen) atoms. The van der Waals surface area contributed by atoms with Gasteiger partial charge < -0.3 is 9.73 Å². The van der Waals surface area contributed by atoms with Gasteiger partial charge in [-0.25, -0.2) is 9.89 Å². The van der Waals surface area contributed by atoms with Crippen LogP contribution in [0.1, 0.15) is 24.7 Å².